The van der Waals surface area contributed by atoms with Gasteiger partial charge in [0.1, 0.15) is 0 Å². The molecule has 1 amide bonds. The molecule has 0 aromatic carbocycles. The highest BCUT2D eigenvalue weighted by atomic mass is 127. The van der Waals surface area contributed by atoms with Crippen LogP contribution in [-0.2, 0) is 4.74 Å². The van der Waals surface area contributed by atoms with Gasteiger partial charge in [0.25, 0.3) is 0 Å². The Bertz CT molecular complexity index is 342. The summed E-state index contributed by atoms with van der Waals surface area (Å²) >= 11 is 2.40. The molecule has 4 nitrogen and oxygen atoms in total. The van der Waals surface area contributed by atoms with Crippen LogP contribution in [0.5, 0.6) is 0 Å². The van der Waals surface area contributed by atoms with Gasteiger partial charge in [0.2, 0.25) is 0 Å². The monoisotopic (exact) mass is 348 g/mol. The van der Waals surface area contributed by atoms with E-state index in [0.717, 1.165) is 23.8 Å². The number of methoxy groups -OCH3 is 1. The molecular weight excluding hydrogens is 331 g/mol. The minimum absolute atomic E-state index is 0.00156. The highest BCUT2D eigenvalue weighted by Crippen LogP contribution is 2.44. The van der Waals surface area contributed by atoms with Crippen LogP contribution in [0.15, 0.2) is 0 Å². The van der Waals surface area contributed by atoms with E-state index in [1.807, 2.05) is 0 Å². The molecule has 2 bridgehead atoms. The van der Waals surface area contributed by atoms with Crippen molar-refractivity contribution < 1.29 is 9.53 Å². The number of carbonyl (C=O) groups is 1. The van der Waals surface area contributed by atoms with Crippen molar-refractivity contribution in [2.24, 2.45) is 17.8 Å². The Hall–Kier alpha value is -0.510. The van der Waals surface area contributed by atoms with Crippen LogP contribution < -0.4 is 0 Å². The molecule has 2 saturated heterocycles. The molecule has 3 aliphatic rings. The van der Waals surface area contributed by atoms with Gasteiger partial charge in [0.05, 0.1) is 25.1 Å². The average molecular weight is 348 g/mol. The predicted octanol–water partition coefficient (Wildman–Crippen LogP) is 2.43. The molecule has 0 aromatic heterocycles. The van der Waals surface area contributed by atoms with Crippen LogP contribution in [0.4, 0.5) is 4.79 Å². The van der Waals surface area contributed by atoms with Crippen molar-refractivity contribution in [1.29, 1.82) is 5.26 Å². The number of ether oxygens (including phenoxy) is 1. The number of alkyl halides is 1. The van der Waals surface area contributed by atoms with Crippen molar-refractivity contribution in [1.82, 2.24) is 4.90 Å². The first-order valence-corrected chi connectivity index (χ1v) is 7.54. The van der Waals surface area contributed by atoms with Crippen molar-refractivity contribution in [3.8, 4) is 6.07 Å². The third-order valence-electron chi connectivity index (χ3n) is 4.12. The molecule has 0 radical (unpaired) electrons. The van der Waals surface area contributed by atoms with E-state index in [9.17, 15) is 10.1 Å². The maximum absolute atomic E-state index is 11.7. The van der Waals surface area contributed by atoms with E-state index in [2.05, 4.69) is 28.7 Å². The number of hydrogen-bond donors (Lipinski definition) is 0. The van der Waals surface area contributed by atoms with Gasteiger partial charge in [0.15, 0.2) is 0 Å². The lowest BCUT2D eigenvalue weighted by Crippen LogP contribution is -2.58. The topological polar surface area (TPSA) is 53.3 Å². The summed E-state index contributed by atoms with van der Waals surface area (Å²) in [6.07, 6.45) is 2.86. The van der Waals surface area contributed by atoms with E-state index in [0.29, 0.717) is 11.8 Å². The van der Waals surface area contributed by atoms with E-state index in [1.54, 1.807) is 4.90 Å². The van der Waals surface area contributed by atoms with Crippen LogP contribution in [0, 0.1) is 29.1 Å². The highest BCUT2D eigenvalue weighted by Gasteiger charge is 2.47. The Kier molecular flexibility index (Phi) is 4.13. The van der Waals surface area contributed by atoms with Crippen LogP contribution in [0.2, 0.25) is 0 Å². The fraction of sp³-hybridized carbons (Fsp3) is 0.833. The van der Waals surface area contributed by atoms with Gasteiger partial charge in [-0.3, -0.25) is 0 Å². The molecule has 1 saturated carbocycles. The van der Waals surface area contributed by atoms with Gasteiger partial charge >= 0.3 is 6.09 Å². The summed E-state index contributed by atoms with van der Waals surface area (Å²) < 4.78 is 5.96. The summed E-state index contributed by atoms with van der Waals surface area (Å²) in [5, 5.41) is 9.17. The molecule has 4 atom stereocenters. The Morgan fingerprint density at radius 3 is 2.88 bits per heavy atom. The van der Waals surface area contributed by atoms with Crippen molar-refractivity contribution in [2.45, 2.75) is 25.3 Å². The van der Waals surface area contributed by atoms with Crippen LogP contribution >= 0.6 is 22.6 Å². The second-order valence-corrected chi connectivity index (χ2v) is 5.97. The third-order valence-corrected chi connectivity index (χ3v) is 4.74. The van der Waals surface area contributed by atoms with Gasteiger partial charge < -0.3 is 9.64 Å². The Morgan fingerprint density at radius 1 is 1.59 bits per heavy atom. The standard InChI is InChI=1S/C12H17IN2O2/c1-17-12(16)15-7-10-4-9(6-14)11(15)5-8(10)2-3-13/h8-11H,2-5,7H2,1H3/t8-,9+,10-,11+/m0/s1. The number of nitrogens with zero attached hydrogens (tertiary/aromatic N) is 2. The fourth-order valence-electron chi connectivity index (χ4n) is 3.26. The molecule has 17 heavy (non-hydrogen) atoms. The van der Waals surface area contributed by atoms with Crippen molar-refractivity contribution in [3.05, 3.63) is 0 Å². The zero-order valence-electron chi connectivity index (χ0n) is 9.93. The zero-order chi connectivity index (χ0) is 12.4. The fourth-order valence-corrected chi connectivity index (χ4v) is 4.06. The van der Waals surface area contributed by atoms with Gasteiger partial charge in [-0.25, -0.2) is 4.79 Å². The number of nitriles is 1. The average Bonchev–Trinajstić information content (AvgIpc) is 2.38. The summed E-state index contributed by atoms with van der Waals surface area (Å²) in [5.41, 5.74) is 0. The first kappa shape index (κ1) is 12.9. The lowest BCUT2D eigenvalue weighted by atomic mass is 9.66. The summed E-state index contributed by atoms with van der Waals surface area (Å²) in [5.74, 6) is 1.17. The molecule has 1 aliphatic carbocycles. The Morgan fingerprint density at radius 2 is 2.35 bits per heavy atom. The minimum Gasteiger partial charge on any atom is -0.453 e. The summed E-state index contributed by atoms with van der Waals surface area (Å²) in [7, 11) is 1.41. The lowest BCUT2D eigenvalue weighted by molar-refractivity contribution is -0.0141. The van der Waals surface area contributed by atoms with Gasteiger partial charge in [0, 0.05) is 6.54 Å². The lowest BCUT2D eigenvalue weighted by Gasteiger charge is -2.51. The number of halogens is 1. The van der Waals surface area contributed by atoms with Crippen LogP contribution in [0.25, 0.3) is 0 Å². The van der Waals surface area contributed by atoms with Crippen LogP contribution in [-0.4, -0.2) is 35.1 Å². The molecule has 94 valence electrons. The van der Waals surface area contributed by atoms with Crippen molar-refractivity contribution in [2.75, 3.05) is 18.1 Å². The summed E-state index contributed by atoms with van der Waals surface area (Å²) in [6.45, 7) is 0.775. The van der Waals surface area contributed by atoms with Crippen molar-refractivity contribution >= 4 is 28.7 Å². The maximum Gasteiger partial charge on any atom is 0.409 e. The molecule has 3 rings (SSSR count). The minimum atomic E-state index is -0.270. The van der Waals surface area contributed by atoms with Gasteiger partial charge in [-0.2, -0.15) is 5.26 Å². The van der Waals surface area contributed by atoms with E-state index in [1.165, 1.54) is 13.5 Å². The number of amides is 1. The summed E-state index contributed by atoms with van der Waals surface area (Å²) in [6, 6.07) is 2.43. The van der Waals surface area contributed by atoms with E-state index < -0.39 is 0 Å². The molecule has 0 spiro atoms. The van der Waals surface area contributed by atoms with Crippen molar-refractivity contribution in [3.63, 3.8) is 0 Å². The SMILES string of the molecule is COC(=O)N1C[C@@H]2C[C@H](C#N)[C@H]1C[C@@H]2CCI. The zero-order valence-corrected chi connectivity index (χ0v) is 12.1. The summed E-state index contributed by atoms with van der Waals surface area (Å²) in [4.78, 5) is 13.4. The molecule has 3 fully saturated rings. The van der Waals surface area contributed by atoms with E-state index >= 15 is 0 Å². The molecule has 2 aliphatic heterocycles. The number of rotatable bonds is 2. The normalized spacial score (nSPS) is 35.5. The predicted molar refractivity (Wildman–Crippen MR) is 71.7 cm³/mol. The number of hydrogen-bond acceptors (Lipinski definition) is 3. The third kappa shape index (κ3) is 2.37. The number of piperidine rings is 2. The van der Waals surface area contributed by atoms with Crippen LogP contribution in [0.3, 0.4) is 0 Å². The highest BCUT2D eigenvalue weighted by molar-refractivity contribution is 14.1. The molecule has 0 unspecified atom stereocenters. The molecule has 2 heterocycles. The smallest absolute Gasteiger partial charge is 0.409 e. The first-order chi connectivity index (χ1) is 8.21. The second kappa shape index (κ2) is 5.42. The number of fused-ring (bicyclic) bond motifs is 3. The Labute approximate surface area is 115 Å². The number of carbonyl (C=O) groups excluding carboxylic acids is 1. The Balaban J connectivity index is 2.13. The largest absolute Gasteiger partial charge is 0.453 e. The van der Waals surface area contributed by atoms with Crippen LogP contribution in [0.1, 0.15) is 19.3 Å². The maximum atomic E-state index is 11.7. The molecule has 5 heteroatoms. The molecule has 0 aromatic rings. The second-order valence-electron chi connectivity index (χ2n) is 4.89. The van der Waals surface area contributed by atoms with E-state index in [-0.39, 0.29) is 18.1 Å². The molecular formula is C12H17IN2O2. The van der Waals surface area contributed by atoms with E-state index in [4.69, 9.17) is 4.74 Å². The van der Waals surface area contributed by atoms with Gasteiger partial charge in [-0.05, 0) is 35.5 Å². The van der Waals surface area contributed by atoms with Gasteiger partial charge in [-0.1, -0.05) is 22.6 Å². The quantitative estimate of drug-likeness (QED) is 0.569. The molecule has 0 N–H and O–H groups in total. The first-order valence-electron chi connectivity index (χ1n) is 6.01. The van der Waals surface area contributed by atoms with Gasteiger partial charge in [-0.15, -0.1) is 0 Å².